The van der Waals surface area contributed by atoms with E-state index in [4.69, 9.17) is 4.74 Å². The number of hydrogen-bond donors (Lipinski definition) is 1. The van der Waals surface area contributed by atoms with Gasteiger partial charge in [0.2, 0.25) is 0 Å². The summed E-state index contributed by atoms with van der Waals surface area (Å²) in [6, 6.07) is 7.18. The van der Waals surface area contributed by atoms with Gasteiger partial charge in [0, 0.05) is 13.6 Å². The third kappa shape index (κ3) is 3.75. The van der Waals surface area contributed by atoms with Crippen molar-refractivity contribution in [3.05, 3.63) is 29.8 Å². The van der Waals surface area contributed by atoms with Gasteiger partial charge in [-0.15, -0.1) is 0 Å². The fraction of sp³-hybridized carbons (Fsp3) is 0.462. The summed E-state index contributed by atoms with van der Waals surface area (Å²) in [5, 5.41) is 9.78. The van der Waals surface area contributed by atoms with Crippen molar-refractivity contribution in [3.63, 3.8) is 0 Å². The molecule has 0 aliphatic carbocycles. The van der Waals surface area contributed by atoms with E-state index >= 15 is 0 Å². The summed E-state index contributed by atoms with van der Waals surface area (Å²) in [4.78, 5) is 13.4. The van der Waals surface area contributed by atoms with Crippen LogP contribution in [0.25, 0.3) is 0 Å². The van der Waals surface area contributed by atoms with E-state index in [2.05, 4.69) is 0 Å². The number of ether oxygens (including phenoxy) is 1. The monoisotopic (exact) mass is 237 g/mol. The number of benzene rings is 1. The van der Waals surface area contributed by atoms with Gasteiger partial charge in [0.15, 0.2) is 0 Å². The molecule has 0 atom stereocenters. The van der Waals surface area contributed by atoms with Gasteiger partial charge in [-0.3, -0.25) is 0 Å². The predicted molar refractivity (Wildman–Crippen MR) is 67.3 cm³/mol. The molecule has 0 aliphatic heterocycles. The Morgan fingerprint density at radius 2 is 2.00 bits per heavy atom. The van der Waals surface area contributed by atoms with E-state index in [0.29, 0.717) is 12.1 Å². The van der Waals surface area contributed by atoms with Crippen molar-refractivity contribution in [1.82, 2.24) is 0 Å². The molecule has 1 N–H and O–H groups in total. The minimum absolute atomic E-state index is 0.372. The second-order valence-corrected chi connectivity index (χ2v) is 4.68. The summed E-state index contributed by atoms with van der Waals surface area (Å²) in [6.45, 7) is 3.88. The number of methoxy groups -OCH3 is 1. The number of nitrogens with zero attached hydrogens (tertiary/aromatic N) is 1. The molecule has 1 aromatic rings. The standard InChI is InChI=1S/C13H19NO3/c1-13(2,16)9-14(3)11-8-6-5-7-10(11)12(15)17-4/h5-8,16H,9H2,1-4H3. The van der Waals surface area contributed by atoms with E-state index in [1.54, 1.807) is 26.0 Å². The average molecular weight is 237 g/mol. The van der Waals surface area contributed by atoms with Gasteiger partial charge in [0.05, 0.1) is 24.0 Å². The van der Waals surface area contributed by atoms with E-state index in [0.717, 1.165) is 5.69 Å². The quantitative estimate of drug-likeness (QED) is 0.809. The number of likely N-dealkylation sites (N-methyl/N-ethyl adjacent to an activating group) is 1. The number of anilines is 1. The molecule has 0 aromatic heterocycles. The van der Waals surface area contributed by atoms with Crippen LogP contribution in [0, 0.1) is 0 Å². The van der Waals surface area contributed by atoms with Crippen LogP contribution in [-0.2, 0) is 4.74 Å². The molecule has 0 unspecified atom stereocenters. The maximum absolute atomic E-state index is 11.6. The number of esters is 1. The summed E-state index contributed by atoms with van der Waals surface area (Å²) in [6.07, 6.45) is 0. The Morgan fingerprint density at radius 3 is 2.53 bits per heavy atom. The van der Waals surface area contributed by atoms with Crippen molar-refractivity contribution in [2.45, 2.75) is 19.4 Å². The molecule has 4 heteroatoms. The molecule has 0 aliphatic rings. The average Bonchev–Trinajstić information content (AvgIpc) is 2.25. The van der Waals surface area contributed by atoms with E-state index in [9.17, 15) is 9.90 Å². The Morgan fingerprint density at radius 1 is 1.41 bits per heavy atom. The van der Waals surface area contributed by atoms with Gasteiger partial charge in [-0.05, 0) is 26.0 Å². The Labute approximate surface area is 102 Å². The molecule has 17 heavy (non-hydrogen) atoms. The minimum Gasteiger partial charge on any atom is -0.465 e. The molecular weight excluding hydrogens is 218 g/mol. The zero-order valence-corrected chi connectivity index (χ0v) is 10.7. The molecule has 0 spiro atoms. The normalized spacial score (nSPS) is 11.1. The third-order valence-corrected chi connectivity index (χ3v) is 2.34. The first-order valence-electron chi connectivity index (χ1n) is 5.46. The van der Waals surface area contributed by atoms with E-state index in [1.807, 2.05) is 24.1 Å². The van der Waals surface area contributed by atoms with Crippen LogP contribution >= 0.6 is 0 Å². The molecule has 0 fully saturated rings. The molecule has 0 saturated carbocycles. The van der Waals surface area contributed by atoms with Gasteiger partial charge in [-0.2, -0.15) is 0 Å². The van der Waals surface area contributed by atoms with Gasteiger partial charge >= 0.3 is 5.97 Å². The topological polar surface area (TPSA) is 49.8 Å². The lowest BCUT2D eigenvalue weighted by Gasteiger charge is -2.28. The van der Waals surface area contributed by atoms with Gasteiger partial charge in [-0.25, -0.2) is 4.79 Å². The second-order valence-electron chi connectivity index (χ2n) is 4.68. The minimum atomic E-state index is -0.821. The Kier molecular flexibility index (Phi) is 4.12. The van der Waals surface area contributed by atoms with E-state index < -0.39 is 5.60 Å². The highest BCUT2D eigenvalue weighted by molar-refractivity contribution is 5.95. The zero-order chi connectivity index (χ0) is 13.1. The summed E-state index contributed by atoms with van der Waals surface area (Å²) >= 11 is 0. The number of hydrogen-bond acceptors (Lipinski definition) is 4. The second kappa shape index (κ2) is 5.19. The van der Waals surface area contributed by atoms with Crippen LogP contribution in [0.5, 0.6) is 0 Å². The fourth-order valence-electron chi connectivity index (χ4n) is 1.75. The van der Waals surface area contributed by atoms with Gasteiger partial charge < -0.3 is 14.7 Å². The highest BCUT2D eigenvalue weighted by Gasteiger charge is 2.19. The molecule has 0 bridgehead atoms. The molecule has 0 radical (unpaired) electrons. The van der Waals surface area contributed by atoms with Crippen molar-refractivity contribution in [1.29, 1.82) is 0 Å². The number of carbonyl (C=O) groups excluding carboxylic acids is 1. The number of aliphatic hydroxyl groups is 1. The molecule has 1 aromatic carbocycles. The largest absolute Gasteiger partial charge is 0.465 e. The number of rotatable bonds is 4. The van der Waals surface area contributed by atoms with Crippen LogP contribution in [0.1, 0.15) is 24.2 Å². The lowest BCUT2D eigenvalue weighted by molar-refractivity contribution is 0.0599. The SMILES string of the molecule is COC(=O)c1ccccc1N(C)CC(C)(C)O. The third-order valence-electron chi connectivity index (χ3n) is 2.34. The Balaban J connectivity index is 3.01. The number of carbonyl (C=O) groups is 1. The molecule has 94 valence electrons. The first-order chi connectivity index (χ1) is 7.85. The summed E-state index contributed by atoms with van der Waals surface area (Å²) in [7, 11) is 3.19. The Hall–Kier alpha value is -1.55. The van der Waals surface area contributed by atoms with Crippen LogP contribution in [-0.4, -0.2) is 37.4 Å². The highest BCUT2D eigenvalue weighted by atomic mass is 16.5. The van der Waals surface area contributed by atoms with Gasteiger partial charge in [0.1, 0.15) is 0 Å². The number of para-hydroxylation sites is 1. The van der Waals surface area contributed by atoms with Gasteiger partial charge in [-0.1, -0.05) is 12.1 Å². The molecule has 0 heterocycles. The van der Waals surface area contributed by atoms with Gasteiger partial charge in [0.25, 0.3) is 0 Å². The predicted octanol–water partition coefficient (Wildman–Crippen LogP) is 1.68. The molecule has 4 nitrogen and oxygen atoms in total. The van der Waals surface area contributed by atoms with Crippen molar-refractivity contribution >= 4 is 11.7 Å². The highest BCUT2D eigenvalue weighted by Crippen LogP contribution is 2.21. The smallest absolute Gasteiger partial charge is 0.339 e. The zero-order valence-electron chi connectivity index (χ0n) is 10.7. The van der Waals surface area contributed by atoms with E-state index in [1.165, 1.54) is 7.11 Å². The van der Waals surface area contributed by atoms with Crippen LogP contribution in [0.2, 0.25) is 0 Å². The van der Waals surface area contributed by atoms with Crippen LogP contribution in [0.3, 0.4) is 0 Å². The van der Waals surface area contributed by atoms with Crippen LogP contribution in [0.15, 0.2) is 24.3 Å². The lowest BCUT2D eigenvalue weighted by Crippen LogP contribution is -2.36. The van der Waals surface area contributed by atoms with Crippen LogP contribution < -0.4 is 4.90 Å². The van der Waals surface area contributed by atoms with Crippen LogP contribution in [0.4, 0.5) is 5.69 Å². The molecule has 0 saturated heterocycles. The van der Waals surface area contributed by atoms with Crippen molar-refractivity contribution < 1.29 is 14.6 Å². The maximum Gasteiger partial charge on any atom is 0.339 e. The Bertz CT molecular complexity index is 396. The molecular formula is C13H19NO3. The lowest BCUT2D eigenvalue weighted by atomic mass is 10.1. The molecule has 1 rings (SSSR count). The van der Waals surface area contributed by atoms with Crippen molar-refractivity contribution in [3.8, 4) is 0 Å². The summed E-state index contributed by atoms with van der Waals surface area (Å²) in [5.41, 5.74) is 0.432. The molecule has 0 amide bonds. The first kappa shape index (κ1) is 13.5. The summed E-state index contributed by atoms with van der Waals surface area (Å²) in [5.74, 6) is -0.372. The first-order valence-corrected chi connectivity index (χ1v) is 5.46. The van der Waals surface area contributed by atoms with Crippen molar-refractivity contribution in [2.75, 3.05) is 25.6 Å². The van der Waals surface area contributed by atoms with Crippen molar-refractivity contribution in [2.24, 2.45) is 0 Å². The summed E-state index contributed by atoms with van der Waals surface area (Å²) < 4.78 is 4.73. The fourth-order valence-corrected chi connectivity index (χ4v) is 1.75. The van der Waals surface area contributed by atoms with E-state index in [-0.39, 0.29) is 5.97 Å². The maximum atomic E-state index is 11.6.